The second-order valence-corrected chi connectivity index (χ2v) is 20.8. The van der Waals surface area contributed by atoms with Crippen LogP contribution in [-0.4, -0.2) is 27.2 Å². The Kier molecular flexibility index (Phi) is 9.02. The number of rotatable bonds is 8. The lowest BCUT2D eigenvalue weighted by atomic mass is 10.0. The Labute approximate surface area is 373 Å². The molecule has 4 nitrogen and oxygen atoms in total. The maximum atomic E-state index is 4.99. The van der Waals surface area contributed by atoms with Gasteiger partial charge in [-0.2, -0.15) is 0 Å². The predicted molar refractivity (Wildman–Crippen MR) is 270 cm³/mol. The number of aromatic nitrogens is 4. The summed E-state index contributed by atoms with van der Waals surface area (Å²) in [7, 11) is -2.17. The number of hydrogen-bond donors (Lipinski definition) is 0. The summed E-state index contributed by atoms with van der Waals surface area (Å²) in [6.45, 7) is 2.46. The lowest BCUT2D eigenvalue weighted by molar-refractivity contribution is 0.990. The Morgan fingerprint density at radius 1 is 0.312 bits per heavy atom. The van der Waals surface area contributed by atoms with Crippen molar-refractivity contribution in [1.82, 2.24) is 19.1 Å². The quantitative estimate of drug-likeness (QED) is 0.113. The number of para-hydroxylation sites is 3. The summed E-state index contributed by atoms with van der Waals surface area (Å²) in [5.74, 6) is 0.648. The van der Waals surface area contributed by atoms with Gasteiger partial charge in [0, 0.05) is 45.2 Å². The second-order valence-electron chi connectivity index (χ2n) is 16.8. The first-order valence-electron chi connectivity index (χ1n) is 21.9. The fourth-order valence-electron chi connectivity index (χ4n) is 9.85. The minimum atomic E-state index is -2.17. The van der Waals surface area contributed by atoms with Crippen LogP contribution in [0, 0.1) is 0 Å². The van der Waals surface area contributed by atoms with Crippen LogP contribution in [0.15, 0.2) is 237 Å². The van der Waals surface area contributed by atoms with Gasteiger partial charge in [-0.15, -0.1) is 0 Å². The van der Waals surface area contributed by atoms with Crippen LogP contribution in [0.3, 0.4) is 0 Å². The lowest BCUT2D eigenvalue weighted by Crippen LogP contribution is -2.64. The van der Waals surface area contributed by atoms with Crippen molar-refractivity contribution in [3.05, 3.63) is 237 Å². The molecule has 0 aliphatic heterocycles. The van der Waals surface area contributed by atoms with E-state index in [0.717, 1.165) is 33.4 Å². The van der Waals surface area contributed by atoms with Gasteiger partial charge >= 0.3 is 0 Å². The van der Waals surface area contributed by atoms with E-state index in [0.29, 0.717) is 5.95 Å². The minimum absolute atomic E-state index is 0.648. The first-order chi connectivity index (χ1) is 31.6. The molecule has 12 aromatic rings. The van der Waals surface area contributed by atoms with Gasteiger partial charge in [-0.25, -0.2) is 9.97 Å². The van der Waals surface area contributed by atoms with Crippen molar-refractivity contribution in [1.29, 1.82) is 0 Å². The van der Waals surface area contributed by atoms with Gasteiger partial charge in [-0.1, -0.05) is 189 Å². The van der Waals surface area contributed by atoms with Crippen molar-refractivity contribution in [3.8, 4) is 45.0 Å². The highest BCUT2D eigenvalue weighted by Crippen LogP contribution is 2.38. The third-order valence-corrected chi connectivity index (χ3v) is 17.7. The second kappa shape index (κ2) is 15.3. The largest absolute Gasteiger partial charge is 0.309 e. The maximum Gasteiger partial charge on any atom is 0.234 e. The van der Waals surface area contributed by atoms with Crippen molar-refractivity contribution in [2.75, 3.05) is 0 Å². The van der Waals surface area contributed by atoms with Crippen LogP contribution in [0.25, 0.3) is 88.6 Å². The number of fused-ring (bicyclic) bond motifs is 6. The van der Waals surface area contributed by atoms with Gasteiger partial charge in [-0.05, 0) is 85.8 Å². The molecule has 0 spiro atoms. The lowest BCUT2D eigenvalue weighted by Gasteiger charge is -2.29. The fourth-order valence-corrected chi connectivity index (χ4v) is 13.4. The Morgan fingerprint density at radius 2 is 0.734 bits per heavy atom. The number of hydrogen-bond acceptors (Lipinski definition) is 2. The van der Waals surface area contributed by atoms with Crippen molar-refractivity contribution in [3.63, 3.8) is 0 Å². The van der Waals surface area contributed by atoms with Crippen LogP contribution in [-0.2, 0) is 0 Å². The highest BCUT2D eigenvalue weighted by molar-refractivity contribution is 7.10. The van der Waals surface area contributed by atoms with Gasteiger partial charge < -0.3 is 4.57 Å². The molecule has 0 aliphatic carbocycles. The molecule has 0 bridgehead atoms. The summed E-state index contributed by atoms with van der Waals surface area (Å²) >= 11 is 0. The average molecular weight is 835 g/mol. The third-order valence-electron chi connectivity index (χ3n) is 13.2. The molecule has 9 aromatic carbocycles. The summed E-state index contributed by atoms with van der Waals surface area (Å²) in [6, 6.07) is 81.5. The van der Waals surface area contributed by atoms with E-state index in [-0.39, 0.29) is 0 Å². The van der Waals surface area contributed by atoms with E-state index >= 15 is 0 Å². The van der Waals surface area contributed by atoms with Gasteiger partial charge in [-0.3, -0.25) is 4.57 Å². The highest BCUT2D eigenvalue weighted by Gasteiger charge is 2.33. The molecule has 0 atom stereocenters. The van der Waals surface area contributed by atoms with E-state index in [4.69, 9.17) is 9.97 Å². The van der Waals surface area contributed by atoms with Gasteiger partial charge in [0.2, 0.25) is 5.95 Å². The highest BCUT2D eigenvalue weighted by atomic mass is 28.3. The molecule has 5 heteroatoms. The van der Waals surface area contributed by atoms with Crippen molar-refractivity contribution in [2.45, 2.75) is 6.55 Å². The smallest absolute Gasteiger partial charge is 0.234 e. The van der Waals surface area contributed by atoms with Crippen LogP contribution in [0.4, 0.5) is 0 Å². The van der Waals surface area contributed by atoms with E-state index in [9.17, 15) is 0 Å². The van der Waals surface area contributed by atoms with Gasteiger partial charge in [0.1, 0.15) is 8.07 Å². The average Bonchev–Trinajstić information content (AvgIpc) is 3.89. The molecule has 0 fully saturated rings. The summed E-state index contributed by atoms with van der Waals surface area (Å²) in [6.07, 6.45) is 3.89. The molecule has 0 saturated carbocycles. The molecule has 3 heterocycles. The maximum absolute atomic E-state index is 4.99. The first-order valence-corrected chi connectivity index (χ1v) is 24.4. The summed E-state index contributed by atoms with van der Waals surface area (Å²) < 4.78 is 4.56. The number of benzene rings is 9. The van der Waals surface area contributed by atoms with E-state index in [1.165, 1.54) is 64.8 Å². The molecule has 0 aliphatic rings. The standard InChI is InChI=1S/C59H42N4Si/c1-64(48-17-7-3-8-18-48,49-19-9-4-10-20-49)50-33-29-42(30-34-50)41-25-27-43(28-26-41)46-39-60-59(61-40-46)63-56-24-14-12-22-52(56)54-37-44(32-36-57(54)63)45-31-35-53-51-21-11-13-23-55(51)62(58(53)38-45)47-15-5-2-6-16-47/h2-40H,1H3. The predicted octanol–water partition coefficient (Wildman–Crippen LogP) is 12.8. The molecule has 0 saturated heterocycles. The van der Waals surface area contributed by atoms with Crippen LogP contribution in [0.5, 0.6) is 0 Å². The van der Waals surface area contributed by atoms with Gasteiger partial charge in [0.15, 0.2) is 0 Å². The molecular weight excluding hydrogens is 793 g/mol. The zero-order chi connectivity index (χ0) is 42.6. The van der Waals surface area contributed by atoms with Crippen molar-refractivity contribution in [2.24, 2.45) is 0 Å². The number of nitrogens with zero attached hydrogens (tertiary/aromatic N) is 4. The summed E-state index contributed by atoms with van der Waals surface area (Å²) in [4.78, 5) is 9.98. The molecule has 12 rings (SSSR count). The molecule has 0 radical (unpaired) electrons. The van der Waals surface area contributed by atoms with E-state index in [1.54, 1.807) is 0 Å². The Morgan fingerprint density at radius 3 is 1.36 bits per heavy atom. The van der Waals surface area contributed by atoms with Crippen LogP contribution in [0.2, 0.25) is 6.55 Å². The van der Waals surface area contributed by atoms with Crippen molar-refractivity contribution >= 4 is 67.2 Å². The minimum Gasteiger partial charge on any atom is -0.309 e. The molecule has 0 unspecified atom stereocenters. The summed E-state index contributed by atoms with van der Waals surface area (Å²) in [5, 5.41) is 9.05. The first kappa shape index (κ1) is 37.6. The van der Waals surface area contributed by atoms with Crippen LogP contribution in [0.1, 0.15) is 0 Å². The molecular formula is C59H42N4Si. The van der Waals surface area contributed by atoms with E-state index < -0.39 is 8.07 Å². The Bertz CT molecular complexity index is 3590. The fraction of sp³-hybridized carbons (Fsp3) is 0.0169. The van der Waals surface area contributed by atoms with Gasteiger partial charge in [0.05, 0.1) is 22.1 Å². The molecule has 0 amide bonds. The molecule has 0 N–H and O–H groups in total. The zero-order valence-electron chi connectivity index (χ0n) is 35.3. The summed E-state index contributed by atoms with van der Waals surface area (Å²) in [5.41, 5.74) is 12.5. The van der Waals surface area contributed by atoms with E-state index in [1.807, 2.05) is 12.4 Å². The van der Waals surface area contributed by atoms with Crippen molar-refractivity contribution < 1.29 is 0 Å². The normalized spacial score (nSPS) is 11.8. The monoisotopic (exact) mass is 834 g/mol. The van der Waals surface area contributed by atoms with E-state index in [2.05, 4.69) is 240 Å². The van der Waals surface area contributed by atoms with Crippen LogP contribution >= 0.6 is 0 Å². The SMILES string of the molecule is C[Si](c1ccccc1)(c1ccccc1)c1ccc(-c2ccc(-c3cnc(-n4c5ccccc5c5cc(-c6ccc7c8ccccc8n(-c8ccccc8)c7c6)ccc54)nc3)cc2)cc1. The molecule has 3 aromatic heterocycles. The Balaban J connectivity index is 0.849. The molecule has 302 valence electrons. The molecule has 64 heavy (non-hydrogen) atoms. The Hall–Kier alpha value is -8.12. The third kappa shape index (κ3) is 6.20. The van der Waals surface area contributed by atoms with Crippen LogP contribution < -0.4 is 15.6 Å². The zero-order valence-corrected chi connectivity index (χ0v) is 36.3. The van der Waals surface area contributed by atoms with Gasteiger partial charge in [0.25, 0.3) is 0 Å². The topological polar surface area (TPSA) is 35.6 Å².